The van der Waals surface area contributed by atoms with Crippen LogP contribution in [0.2, 0.25) is 0 Å². The Morgan fingerprint density at radius 1 is 1.37 bits per heavy atom. The highest BCUT2D eigenvalue weighted by atomic mass is 32.2. The van der Waals surface area contributed by atoms with Crippen molar-refractivity contribution in [1.82, 2.24) is 9.62 Å². The molecule has 1 fully saturated rings. The first kappa shape index (κ1) is 14.4. The molecule has 1 aromatic carbocycles. The van der Waals surface area contributed by atoms with Crippen LogP contribution < -0.4 is 4.72 Å². The summed E-state index contributed by atoms with van der Waals surface area (Å²) >= 11 is 0. The van der Waals surface area contributed by atoms with Crippen molar-refractivity contribution in [3.63, 3.8) is 0 Å². The summed E-state index contributed by atoms with van der Waals surface area (Å²) < 4.78 is 38.0. The maximum Gasteiger partial charge on any atom is 0.208 e. The molecule has 1 N–H and O–H groups in total. The average Bonchev–Trinajstić information content (AvgIpc) is 2.30. The predicted octanol–water partition coefficient (Wildman–Crippen LogP) is 1.34. The minimum absolute atomic E-state index is 0.0266. The van der Waals surface area contributed by atoms with Crippen LogP contribution in [0, 0.1) is 5.82 Å². The molecule has 0 bridgehead atoms. The number of piperidine rings is 1. The number of likely N-dealkylation sites (tertiary alicyclic amines) is 1. The summed E-state index contributed by atoms with van der Waals surface area (Å²) in [5.41, 5.74) is 0.953. The molecule has 0 unspecified atom stereocenters. The van der Waals surface area contributed by atoms with Gasteiger partial charge in [-0.15, -0.1) is 0 Å². The highest BCUT2D eigenvalue weighted by Crippen LogP contribution is 2.15. The Kier molecular flexibility index (Phi) is 4.54. The number of benzene rings is 1. The third-order valence-electron chi connectivity index (χ3n) is 3.26. The number of nitrogens with one attached hydrogen (secondary N) is 1. The third kappa shape index (κ3) is 4.89. The molecule has 1 aromatic rings. The van der Waals surface area contributed by atoms with Crippen molar-refractivity contribution in [3.05, 3.63) is 35.6 Å². The maximum atomic E-state index is 13.1. The number of sulfonamides is 1. The number of halogens is 1. The zero-order valence-electron chi connectivity index (χ0n) is 11.0. The highest BCUT2D eigenvalue weighted by Gasteiger charge is 2.21. The second-order valence-electron chi connectivity index (χ2n) is 5.07. The minimum atomic E-state index is -3.12. The van der Waals surface area contributed by atoms with E-state index in [0.717, 1.165) is 31.5 Å². The van der Waals surface area contributed by atoms with Crippen molar-refractivity contribution in [2.45, 2.75) is 25.4 Å². The van der Waals surface area contributed by atoms with Crippen molar-refractivity contribution < 1.29 is 12.8 Å². The van der Waals surface area contributed by atoms with Gasteiger partial charge in [-0.3, -0.25) is 4.90 Å². The van der Waals surface area contributed by atoms with Crippen molar-refractivity contribution in [2.24, 2.45) is 0 Å². The fourth-order valence-electron chi connectivity index (χ4n) is 2.41. The molecule has 0 aromatic heterocycles. The van der Waals surface area contributed by atoms with Gasteiger partial charge >= 0.3 is 0 Å². The molecule has 1 saturated heterocycles. The first-order chi connectivity index (χ1) is 8.92. The van der Waals surface area contributed by atoms with Gasteiger partial charge in [0.1, 0.15) is 5.82 Å². The van der Waals surface area contributed by atoms with E-state index in [9.17, 15) is 12.8 Å². The second-order valence-corrected chi connectivity index (χ2v) is 6.85. The number of nitrogens with zero attached hydrogens (tertiary/aromatic N) is 1. The van der Waals surface area contributed by atoms with Crippen LogP contribution in [0.25, 0.3) is 0 Å². The van der Waals surface area contributed by atoms with Crippen LogP contribution in [0.5, 0.6) is 0 Å². The van der Waals surface area contributed by atoms with Gasteiger partial charge in [0.15, 0.2) is 0 Å². The van der Waals surface area contributed by atoms with Gasteiger partial charge in [0, 0.05) is 25.7 Å². The zero-order chi connectivity index (χ0) is 13.9. The molecule has 0 amide bonds. The van der Waals surface area contributed by atoms with Gasteiger partial charge in [0.05, 0.1) is 6.26 Å². The molecular weight excluding hydrogens is 267 g/mol. The predicted molar refractivity (Wildman–Crippen MR) is 72.7 cm³/mol. The number of hydrogen-bond donors (Lipinski definition) is 1. The molecule has 1 aliphatic heterocycles. The Balaban J connectivity index is 1.84. The normalized spacial score (nSPS) is 18.6. The Morgan fingerprint density at radius 3 is 2.63 bits per heavy atom. The topological polar surface area (TPSA) is 49.4 Å². The lowest BCUT2D eigenvalue weighted by Crippen LogP contribution is -2.43. The molecule has 0 saturated carbocycles. The first-order valence-electron chi connectivity index (χ1n) is 6.36. The average molecular weight is 286 g/mol. The number of hydrogen-bond acceptors (Lipinski definition) is 3. The van der Waals surface area contributed by atoms with Crippen LogP contribution in [0.3, 0.4) is 0 Å². The Labute approximate surface area is 113 Å². The molecule has 0 atom stereocenters. The largest absolute Gasteiger partial charge is 0.299 e. The second kappa shape index (κ2) is 5.98. The van der Waals surface area contributed by atoms with E-state index in [1.807, 2.05) is 6.07 Å². The zero-order valence-corrected chi connectivity index (χ0v) is 11.8. The van der Waals surface area contributed by atoms with Crippen LogP contribution in [-0.2, 0) is 16.6 Å². The quantitative estimate of drug-likeness (QED) is 0.908. The van der Waals surface area contributed by atoms with E-state index in [0.29, 0.717) is 6.54 Å². The van der Waals surface area contributed by atoms with Crippen molar-refractivity contribution in [1.29, 1.82) is 0 Å². The molecule has 0 aliphatic carbocycles. The van der Waals surface area contributed by atoms with Crippen molar-refractivity contribution in [3.8, 4) is 0 Å². The van der Waals surface area contributed by atoms with Crippen LogP contribution in [0.4, 0.5) is 4.39 Å². The van der Waals surface area contributed by atoms with Gasteiger partial charge in [-0.05, 0) is 30.5 Å². The fourth-order valence-corrected chi connectivity index (χ4v) is 3.25. The molecular formula is C13H19FN2O2S. The van der Waals surface area contributed by atoms with Crippen LogP contribution in [-0.4, -0.2) is 38.7 Å². The van der Waals surface area contributed by atoms with E-state index in [2.05, 4.69) is 9.62 Å². The smallest absolute Gasteiger partial charge is 0.208 e. The van der Waals surface area contributed by atoms with E-state index >= 15 is 0 Å². The number of rotatable bonds is 4. The molecule has 1 aliphatic rings. The SMILES string of the molecule is CS(=O)(=O)NC1CCN(Cc2cccc(F)c2)CC1. The molecule has 4 nitrogen and oxygen atoms in total. The minimum Gasteiger partial charge on any atom is -0.299 e. The van der Waals surface area contributed by atoms with Crippen molar-refractivity contribution in [2.75, 3.05) is 19.3 Å². The van der Waals surface area contributed by atoms with Gasteiger partial charge in [-0.1, -0.05) is 12.1 Å². The Bertz CT molecular complexity index is 525. The lowest BCUT2D eigenvalue weighted by atomic mass is 10.1. The monoisotopic (exact) mass is 286 g/mol. The molecule has 0 spiro atoms. The summed E-state index contributed by atoms with van der Waals surface area (Å²) in [6.45, 7) is 2.36. The maximum absolute atomic E-state index is 13.1. The van der Waals surface area contributed by atoms with Crippen molar-refractivity contribution >= 4 is 10.0 Å². The molecule has 2 rings (SSSR count). The highest BCUT2D eigenvalue weighted by molar-refractivity contribution is 7.88. The third-order valence-corrected chi connectivity index (χ3v) is 4.03. The van der Waals surface area contributed by atoms with Crippen LogP contribution in [0.1, 0.15) is 18.4 Å². The summed E-state index contributed by atoms with van der Waals surface area (Å²) in [7, 11) is -3.12. The van der Waals surface area contributed by atoms with Crippen LogP contribution >= 0.6 is 0 Å². The van der Waals surface area contributed by atoms with E-state index < -0.39 is 10.0 Å². The van der Waals surface area contributed by atoms with Gasteiger partial charge in [0.25, 0.3) is 0 Å². The van der Waals surface area contributed by atoms with E-state index in [4.69, 9.17) is 0 Å². The molecule has 1 heterocycles. The standard InChI is InChI=1S/C13H19FN2O2S/c1-19(17,18)15-13-5-7-16(8-6-13)10-11-3-2-4-12(14)9-11/h2-4,9,13,15H,5-8,10H2,1H3. The summed E-state index contributed by atoms with van der Waals surface area (Å²) in [5.74, 6) is -0.217. The molecule has 0 radical (unpaired) electrons. The Hall–Kier alpha value is -0.980. The summed E-state index contributed by atoms with van der Waals surface area (Å²) in [6.07, 6.45) is 2.77. The van der Waals surface area contributed by atoms with Gasteiger partial charge in [-0.25, -0.2) is 17.5 Å². The van der Waals surface area contributed by atoms with Gasteiger partial charge in [0.2, 0.25) is 10.0 Å². The molecule has 6 heteroatoms. The summed E-state index contributed by atoms with van der Waals surface area (Å²) in [5, 5.41) is 0. The molecule has 19 heavy (non-hydrogen) atoms. The van der Waals surface area contributed by atoms with Gasteiger partial charge < -0.3 is 0 Å². The van der Waals surface area contributed by atoms with Gasteiger partial charge in [-0.2, -0.15) is 0 Å². The fraction of sp³-hybridized carbons (Fsp3) is 0.538. The lowest BCUT2D eigenvalue weighted by molar-refractivity contribution is 0.200. The summed E-state index contributed by atoms with van der Waals surface area (Å²) in [4.78, 5) is 2.22. The summed E-state index contributed by atoms with van der Waals surface area (Å²) in [6, 6.07) is 6.62. The Morgan fingerprint density at radius 2 is 2.05 bits per heavy atom. The lowest BCUT2D eigenvalue weighted by Gasteiger charge is -2.31. The molecule has 106 valence electrons. The van der Waals surface area contributed by atoms with E-state index in [1.165, 1.54) is 12.3 Å². The first-order valence-corrected chi connectivity index (χ1v) is 8.25. The van der Waals surface area contributed by atoms with E-state index in [1.54, 1.807) is 12.1 Å². The van der Waals surface area contributed by atoms with Crippen LogP contribution in [0.15, 0.2) is 24.3 Å². The van der Waals surface area contributed by atoms with E-state index in [-0.39, 0.29) is 11.9 Å².